The summed E-state index contributed by atoms with van der Waals surface area (Å²) in [6.07, 6.45) is 2.75. The molecule has 0 bridgehead atoms. The highest BCUT2D eigenvalue weighted by Crippen LogP contribution is 2.29. The van der Waals surface area contributed by atoms with Crippen molar-refractivity contribution in [1.29, 1.82) is 0 Å². The van der Waals surface area contributed by atoms with E-state index in [4.69, 9.17) is 4.74 Å². The number of alkyl halides is 3. The van der Waals surface area contributed by atoms with Crippen molar-refractivity contribution in [1.82, 2.24) is 24.3 Å². The zero-order valence-electron chi connectivity index (χ0n) is 18.1. The van der Waals surface area contributed by atoms with Gasteiger partial charge >= 0.3 is 6.36 Å². The Labute approximate surface area is 188 Å². The molecule has 10 heteroatoms. The van der Waals surface area contributed by atoms with E-state index in [2.05, 4.69) is 24.6 Å². The molecule has 0 aliphatic rings. The minimum absolute atomic E-state index is 0.297. The second kappa shape index (κ2) is 9.45. The Kier molecular flexibility index (Phi) is 6.45. The van der Waals surface area contributed by atoms with Crippen LogP contribution in [0.4, 0.5) is 13.2 Å². The molecule has 172 valence electrons. The van der Waals surface area contributed by atoms with Crippen LogP contribution in [0.15, 0.2) is 61.2 Å². The first kappa shape index (κ1) is 22.5. The third-order valence-electron chi connectivity index (χ3n) is 4.79. The average Bonchev–Trinajstić information content (AvgIpc) is 3.19. The van der Waals surface area contributed by atoms with Crippen LogP contribution in [-0.4, -0.2) is 57.9 Å². The first-order chi connectivity index (χ1) is 15.8. The van der Waals surface area contributed by atoms with Crippen LogP contribution in [0.1, 0.15) is 6.42 Å². The number of nitrogens with zero attached hydrogens (tertiary/aromatic N) is 5. The van der Waals surface area contributed by atoms with E-state index < -0.39 is 6.36 Å². The Morgan fingerprint density at radius 1 is 0.970 bits per heavy atom. The topological polar surface area (TPSA) is 64.8 Å². The molecule has 0 amide bonds. The van der Waals surface area contributed by atoms with Gasteiger partial charge in [-0.3, -0.25) is 9.38 Å². The van der Waals surface area contributed by atoms with Crippen molar-refractivity contribution in [3.05, 3.63) is 61.2 Å². The van der Waals surface area contributed by atoms with Gasteiger partial charge in [-0.1, -0.05) is 12.1 Å². The Morgan fingerprint density at radius 3 is 2.55 bits per heavy atom. The van der Waals surface area contributed by atoms with Crippen LogP contribution in [0.25, 0.3) is 28.2 Å². The summed E-state index contributed by atoms with van der Waals surface area (Å²) in [4.78, 5) is 15.2. The van der Waals surface area contributed by atoms with Gasteiger partial charge in [-0.25, -0.2) is 9.97 Å². The van der Waals surface area contributed by atoms with E-state index in [1.807, 2.05) is 20.2 Å². The zero-order chi connectivity index (χ0) is 23.4. The van der Waals surface area contributed by atoms with E-state index in [1.165, 1.54) is 18.2 Å². The molecule has 0 unspecified atom stereocenters. The lowest BCUT2D eigenvalue weighted by molar-refractivity contribution is -0.274. The summed E-state index contributed by atoms with van der Waals surface area (Å²) in [6.45, 7) is 1.50. The molecular formula is C23H22F3N5O2. The van der Waals surface area contributed by atoms with Gasteiger partial charge in [-0.05, 0) is 38.7 Å². The molecule has 0 saturated carbocycles. The van der Waals surface area contributed by atoms with Crippen molar-refractivity contribution in [2.45, 2.75) is 12.8 Å². The summed E-state index contributed by atoms with van der Waals surface area (Å²) in [5.74, 6) is 0.234. The number of halogens is 3. The molecular weight excluding hydrogens is 435 g/mol. The van der Waals surface area contributed by atoms with E-state index in [0.717, 1.165) is 18.5 Å². The standard InChI is InChI=1S/C23H22F3N5O2/c1-30(2)9-4-10-32-22-8-7-17(12-29-22)19-15-31-20(13-28-21(31)14-27-19)16-5-3-6-18(11-16)33-23(24,25)26/h3,5-8,11-15H,4,9-10H2,1-2H3. The highest BCUT2D eigenvalue weighted by molar-refractivity contribution is 5.67. The third kappa shape index (κ3) is 5.78. The minimum atomic E-state index is -4.76. The van der Waals surface area contributed by atoms with Gasteiger partial charge in [-0.2, -0.15) is 0 Å². The number of hydrogen-bond donors (Lipinski definition) is 0. The molecule has 0 saturated heterocycles. The first-order valence-electron chi connectivity index (χ1n) is 10.2. The number of rotatable bonds is 8. The molecule has 0 aliphatic heterocycles. The van der Waals surface area contributed by atoms with Gasteiger partial charge in [0.2, 0.25) is 5.88 Å². The fourth-order valence-electron chi connectivity index (χ4n) is 3.28. The predicted molar refractivity (Wildman–Crippen MR) is 117 cm³/mol. The Hall–Kier alpha value is -3.66. The van der Waals surface area contributed by atoms with Gasteiger partial charge in [0.15, 0.2) is 5.65 Å². The van der Waals surface area contributed by atoms with Gasteiger partial charge in [-0.15, -0.1) is 13.2 Å². The van der Waals surface area contributed by atoms with Crippen LogP contribution in [-0.2, 0) is 0 Å². The van der Waals surface area contributed by atoms with Crippen molar-refractivity contribution in [2.24, 2.45) is 0 Å². The maximum atomic E-state index is 12.6. The highest BCUT2D eigenvalue weighted by Gasteiger charge is 2.31. The van der Waals surface area contributed by atoms with E-state index >= 15 is 0 Å². The number of fused-ring (bicyclic) bond motifs is 1. The maximum Gasteiger partial charge on any atom is 0.573 e. The molecule has 1 aromatic carbocycles. The molecule has 3 aromatic heterocycles. The van der Waals surface area contributed by atoms with E-state index in [9.17, 15) is 13.2 Å². The lowest BCUT2D eigenvalue weighted by Gasteiger charge is -2.11. The van der Waals surface area contributed by atoms with Crippen molar-refractivity contribution in [2.75, 3.05) is 27.2 Å². The molecule has 0 atom stereocenters. The SMILES string of the molecule is CN(C)CCCOc1ccc(-c2cn3c(-c4cccc(OC(F)(F)F)c4)cnc3cn2)cn1. The first-order valence-corrected chi connectivity index (χ1v) is 10.2. The van der Waals surface area contributed by atoms with Crippen LogP contribution in [0.2, 0.25) is 0 Å². The van der Waals surface area contributed by atoms with Gasteiger partial charge in [0, 0.05) is 36.1 Å². The largest absolute Gasteiger partial charge is 0.573 e. The number of benzene rings is 1. The fraction of sp³-hybridized carbons (Fsp3) is 0.261. The van der Waals surface area contributed by atoms with Crippen molar-refractivity contribution >= 4 is 5.65 Å². The summed E-state index contributed by atoms with van der Waals surface area (Å²) < 4.78 is 49.2. The molecule has 4 aromatic rings. The normalized spacial score (nSPS) is 11.8. The van der Waals surface area contributed by atoms with Crippen molar-refractivity contribution in [3.63, 3.8) is 0 Å². The van der Waals surface area contributed by atoms with E-state index in [1.54, 1.807) is 41.3 Å². The van der Waals surface area contributed by atoms with Crippen LogP contribution in [0, 0.1) is 0 Å². The molecule has 0 aliphatic carbocycles. The molecule has 0 fully saturated rings. The van der Waals surface area contributed by atoms with Crippen LogP contribution < -0.4 is 9.47 Å². The monoisotopic (exact) mass is 457 g/mol. The van der Waals surface area contributed by atoms with Gasteiger partial charge in [0.25, 0.3) is 0 Å². The lowest BCUT2D eigenvalue weighted by Crippen LogP contribution is -2.17. The summed E-state index contributed by atoms with van der Waals surface area (Å²) in [5, 5.41) is 0. The quantitative estimate of drug-likeness (QED) is 0.358. The van der Waals surface area contributed by atoms with E-state index in [0.29, 0.717) is 35.1 Å². The van der Waals surface area contributed by atoms with Gasteiger partial charge < -0.3 is 14.4 Å². The Balaban J connectivity index is 1.56. The van der Waals surface area contributed by atoms with Crippen molar-refractivity contribution in [3.8, 4) is 34.1 Å². The van der Waals surface area contributed by atoms with E-state index in [-0.39, 0.29) is 5.75 Å². The van der Waals surface area contributed by atoms with Crippen LogP contribution >= 0.6 is 0 Å². The summed E-state index contributed by atoms with van der Waals surface area (Å²) in [6, 6.07) is 9.40. The summed E-state index contributed by atoms with van der Waals surface area (Å²) in [7, 11) is 4.02. The third-order valence-corrected chi connectivity index (χ3v) is 4.79. The molecule has 0 radical (unpaired) electrons. The van der Waals surface area contributed by atoms with Crippen LogP contribution in [0.3, 0.4) is 0 Å². The average molecular weight is 457 g/mol. The molecule has 0 spiro atoms. The number of imidazole rings is 1. The number of hydrogen-bond acceptors (Lipinski definition) is 6. The summed E-state index contributed by atoms with van der Waals surface area (Å²) in [5.41, 5.74) is 3.10. The molecule has 4 rings (SSSR count). The van der Waals surface area contributed by atoms with Crippen molar-refractivity contribution < 1.29 is 22.6 Å². The second-order valence-corrected chi connectivity index (χ2v) is 7.61. The Morgan fingerprint density at radius 2 is 1.82 bits per heavy atom. The molecule has 3 heterocycles. The van der Waals surface area contributed by atoms with Crippen LogP contribution in [0.5, 0.6) is 11.6 Å². The smallest absolute Gasteiger partial charge is 0.478 e. The minimum Gasteiger partial charge on any atom is -0.478 e. The molecule has 33 heavy (non-hydrogen) atoms. The summed E-state index contributed by atoms with van der Waals surface area (Å²) >= 11 is 0. The highest BCUT2D eigenvalue weighted by atomic mass is 19.4. The van der Waals surface area contributed by atoms with Gasteiger partial charge in [0.1, 0.15) is 5.75 Å². The predicted octanol–water partition coefficient (Wildman–Crippen LogP) is 4.69. The number of aromatic nitrogens is 4. The Bertz CT molecular complexity index is 1220. The maximum absolute atomic E-state index is 12.6. The van der Waals surface area contributed by atoms with Gasteiger partial charge in [0.05, 0.1) is 30.4 Å². The molecule has 0 N–H and O–H groups in total. The number of ether oxygens (including phenoxy) is 2. The lowest BCUT2D eigenvalue weighted by atomic mass is 10.1. The zero-order valence-corrected chi connectivity index (χ0v) is 18.1. The molecule has 7 nitrogen and oxygen atoms in total. The number of pyridine rings is 1. The second-order valence-electron chi connectivity index (χ2n) is 7.61. The fourth-order valence-corrected chi connectivity index (χ4v) is 3.28.